The van der Waals surface area contributed by atoms with Crippen molar-refractivity contribution in [3.63, 3.8) is 0 Å². The van der Waals surface area contributed by atoms with Crippen LogP contribution < -0.4 is 4.90 Å². The van der Waals surface area contributed by atoms with E-state index in [1.54, 1.807) is 12.4 Å². The Labute approximate surface area is 233 Å². The van der Waals surface area contributed by atoms with E-state index < -0.39 is 0 Å². The van der Waals surface area contributed by atoms with Gasteiger partial charge in [0.15, 0.2) is 5.65 Å². The zero-order chi connectivity index (χ0) is 26.2. The Morgan fingerprint density at radius 1 is 1.00 bits per heavy atom. The fourth-order valence-electron chi connectivity index (χ4n) is 6.07. The van der Waals surface area contributed by atoms with Gasteiger partial charge in [0.2, 0.25) is 11.2 Å². The topological polar surface area (TPSA) is 69.0 Å². The van der Waals surface area contributed by atoms with Gasteiger partial charge in [-0.1, -0.05) is 61.7 Å². The average Bonchev–Trinajstić information content (AvgIpc) is 3.32. The van der Waals surface area contributed by atoms with E-state index >= 15 is 0 Å². The number of morpholine rings is 1. The molecule has 6 rings (SSSR count). The summed E-state index contributed by atoms with van der Waals surface area (Å²) in [5.41, 5.74) is 4.16. The summed E-state index contributed by atoms with van der Waals surface area (Å²) in [5, 5.41) is 0.702. The molecule has 0 N–H and O–H groups in total. The zero-order valence-electron chi connectivity index (χ0n) is 21.7. The minimum Gasteiger partial charge on any atom is -0.377 e. The summed E-state index contributed by atoms with van der Waals surface area (Å²) in [6.07, 6.45) is 8.26. The van der Waals surface area contributed by atoms with Gasteiger partial charge in [0.1, 0.15) is 11.2 Å². The Kier molecular flexibility index (Phi) is 7.25. The van der Waals surface area contributed by atoms with Gasteiger partial charge >= 0.3 is 0 Å². The minimum absolute atomic E-state index is 0.0406. The number of anilines is 1. The molecular weight excluding hydrogens is 519 g/mol. The molecule has 38 heavy (non-hydrogen) atoms. The van der Waals surface area contributed by atoms with E-state index in [-0.39, 0.29) is 17.4 Å². The molecule has 2 fully saturated rings. The zero-order valence-corrected chi connectivity index (χ0v) is 23.2. The molecule has 3 aromatic heterocycles. The van der Waals surface area contributed by atoms with Gasteiger partial charge < -0.3 is 14.2 Å². The van der Waals surface area contributed by atoms with Gasteiger partial charge in [0.05, 0.1) is 24.3 Å². The van der Waals surface area contributed by atoms with Gasteiger partial charge in [-0.25, -0.2) is 4.98 Å². The largest absolute Gasteiger partial charge is 0.377 e. The van der Waals surface area contributed by atoms with E-state index in [1.165, 1.54) is 31.2 Å². The highest BCUT2D eigenvalue weighted by atomic mass is 35.5. The van der Waals surface area contributed by atoms with Crippen molar-refractivity contribution in [1.82, 2.24) is 24.5 Å². The number of hydrogen-bond acceptors (Lipinski definition) is 6. The van der Waals surface area contributed by atoms with Crippen LogP contribution >= 0.6 is 23.2 Å². The van der Waals surface area contributed by atoms with Crippen molar-refractivity contribution in [2.45, 2.75) is 51.6 Å². The van der Waals surface area contributed by atoms with Crippen LogP contribution in [0.3, 0.4) is 0 Å². The first-order chi connectivity index (χ1) is 18.5. The third-order valence-corrected chi connectivity index (χ3v) is 8.57. The van der Waals surface area contributed by atoms with E-state index in [2.05, 4.69) is 57.5 Å². The molecule has 0 amide bonds. The van der Waals surface area contributed by atoms with Crippen molar-refractivity contribution in [3.05, 3.63) is 64.7 Å². The number of hydrogen-bond donors (Lipinski definition) is 0. The molecule has 1 aliphatic carbocycles. The fourth-order valence-corrected chi connectivity index (χ4v) is 6.41. The number of rotatable bonds is 5. The first kappa shape index (κ1) is 25.5. The molecule has 1 unspecified atom stereocenters. The molecule has 4 aromatic rings. The molecule has 0 spiro atoms. The fraction of sp³-hybridized carbons (Fsp3) is 0.448. The van der Waals surface area contributed by atoms with Gasteiger partial charge in [-0.3, -0.25) is 4.98 Å². The summed E-state index contributed by atoms with van der Waals surface area (Å²) < 4.78 is 8.33. The molecule has 198 valence electrons. The van der Waals surface area contributed by atoms with Crippen LogP contribution in [0.2, 0.25) is 10.3 Å². The molecule has 2 atom stereocenters. The molecule has 0 bridgehead atoms. The second-order valence-corrected chi connectivity index (χ2v) is 11.4. The second-order valence-electron chi connectivity index (χ2n) is 10.6. The highest BCUT2D eigenvalue weighted by Gasteiger charge is 2.34. The van der Waals surface area contributed by atoms with Crippen molar-refractivity contribution >= 4 is 40.3 Å². The van der Waals surface area contributed by atoms with Crippen LogP contribution in [0.25, 0.3) is 22.4 Å². The molecule has 1 aliphatic heterocycles. The number of pyridine rings is 1. The van der Waals surface area contributed by atoms with E-state index in [9.17, 15) is 0 Å². The van der Waals surface area contributed by atoms with E-state index in [0.717, 1.165) is 29.5 Å². The third kappa shape index (κ3) is 4.88. The van der Waals surface area contributed by atoms with Crippen LogP contribution in [0.15, 0.2) is 48.8 Å². The van der Waals surface area contributed by atoms with Crippen LogP contribution in [-0.2, 0) is 4.74 Å². The summed E-state index contributed by atoms with van der Waals surface area (Å²) in [7, 11) is 0. The number of halogens is 2. The van der Waals surface area contributed by atoms with Gasteiger partial charge in [-0.15, -0.1) is 0 Å². The van der Waals surface area contributed by atoms with Crippen molar-refractivity contribution in [2.24, 2.45) is 11.8 Å². The molecule has 9 heteroatoms. The quantitative estimate of drug-likeness (QED) is 0.245. The maximum atomic E-state index is 6.47. The Bertz CT molecular complexity index is 1420. The lowest BCUT2D eigenvalue weighted by Crippen LogP contribution is -2.41. The van der Waals surface area contributed by atoms with E-state index in [4.69, 9.17) is 37.9 Å². The summed E-state index contributed by atoms with van der Waals surface area (Å²) in [6.45, 7) is 6.64. The number of nitrogens with zero attached hydrogens (tertiary/aromatic N) is 6. The van der Waals surface area contributed by atoms with Crippen LogP contribution in [0.5, 0.6) is 0 Å². The average molecular weight is 552 g/mol. The monoisotopic (exact) mass is 550 g/mol. The van der Waals surface area contributed by atoms with Crippen molar-refractivity contribution in [2.75, 3.05) is 24.7 Å². The van der Waals surface area contributed by atoms with Crippen LogP contribution in [0, 0.1) is 11.8 Å². The Balaban J connectivity index is 1.56. The Morgan fingerprint density at radius 3 is 2.55 bits per heavy atom. The van der Waals surface area contributed by atoms with Gasteiger partial charge in [0, 0.05) is 30.5 Å². The molecule has 1 saturated carbocycles. The van der Waals surface area contributed by atoms with Crippen molar-refractivity contribution < 1.29 is 4.74 Å². The predicted molar refractivity (Wildman–Crippen MR) is 152 cm³/mol. The SMILES string of the molecule is CC1CCC(C(C)n2c(N3CCOC[C@H]3c3ccccc3)nc3nc(Cl)nc(-c4cncc(Cl)c4)c32)CC1. The molecule has 1 aromatic carbocycles. The standard InChI is InChI=1S/C29H32Cl2N6O/c1-18-8-10-20(11-9-18)19(2)37-26-25(22-14-23(30)16-32-15-22)33-28(31)34-27(26)35-29(37)36-12-13-38-17-24(36)21-6-4-3-5-7-21/h3-7,14-16,18-20,24H,8-13,17H2,1-2H3/t18?,19?,20?,24-/m0/s1. The molecule has 2 aliphatic rings. The highest BCUT2D eigenvalue weighted by molar-refractivity contribution is 6.31. The number of ether oxygens (including phenoxy) is 1. The normalized spacial score (nSPS) is 23.1. The van der Waals surface area contributed by atoms with Crippen molar-refractivity contribution in [3.8, 4) is 11.3 Å². The highest BCUT2D eigenvalue weighted by Crippen LogP contribution is 2.42. The predicted octanol–water partition coefficient (Wildman–Crippen LogP) is 7.16. The number of imidazole rings is 1. The smallest absolute Gasteiger partial charge is 0.225 e. The van der Waals surface area contributed by atoms with Crippen LogP contribution in [0.4, 0.5) is 5.95 Å². The molecule has 1 saturated heterocycles. The lowest BCUT2D eigenvalue weighted by Gasteiger charge is -2.39. The first-order valence-corrected chi connectivity index (χ1v) is 14.2. The lowest BCUT2D eigenvalue weighted by atomic mass is 9.79. The van der Waals surface area contributed by atoms with E-state index in [1.807, 2.05) is 12.1 Å². The molecule has 7 nitrogen and oxygen atoms in total. The maximum Gasteiger partial charge on any atom is 0.225 e. The van der Waals surface area contributed by atoms with Crippen LogP contribution in [-0.4, -0.2) is 44.3 Å². The van der Waals surface area contributed by atoms with Crippen molar-refractivity contribution in [1.29, 1.82) is 0 Å². The number of benzene rings is 1. The number of fused-ring (bicyclic) bond motifs is 1. The van der Waals surface area contributed by atoms with E-state index in [0.29, 0.717) is 35.5 Å². The summed E-state index contributed by atoms with van der Waals surface area (Å²) >= 11 is 12.8. The summed E-state index contributed by atoms with van der Waals surface area (Å²) in [6, 6.07) is 12.6. The maximum absolute atomic E-state index is 6.47. The molecule has 4 heterocycles. The number of aromatic nitrogens is 5. The Hall–Kier alpha value is -2.74. The molecular formula is C29H32Cl2N6O. The van der Waals surface area contributed by atoms with Gasteiger partial charge in [-0.2, -0.15) is 9.97 Å². The second kappa shape index (κ2) is 10.8. The first-order valence-electron chi connectivity index (χ1n) is 13.5. The molecule has 0 radical (unpaired) electrons. The summed E-state index contributed by atoms with van der Waals surface area (Å²) in [5.74, 6) is 2.19. The van der Waals surface area contributed by atoms with Crippen LogP contribution in [0.1, 0.15) is 57.2 Å². The van der Waals surface area contributed by atoms with Gasteiger partial charge in [-0.05, 0) is 54.8 Å². The minimum atomic E-state index is 0.0406. The third-order valence-electron chi connectivity index (χ3n) is 8.20. The van der Waals surface area contributed by atoms with Gasteiger partial charge in [0.25, 0.3) is 0 Å². The Morgan fingerprint density at radius 2 is 1.79 bits per heavy atom. The summed E-state index contributed by atoms with van der Waals surface area (Å²) in [4.78, 5) is 21.2. The lowest BCUT2D eigenvalue weighted by molar-refractivity contribution is 0.0924.